The Morgan fingerprint density at radius 1 is 1.53 bits per heavy atom. The number of rotatable bonds is 4. The molecular weight excluding hydrogens is 208 g/mol. The van der Waals surface area contributed by atoms with Crippen molar-refractivity contribution >= 4 is 11.8 Å². The Bertz CT molecular complexity index is 330. The van der Waals surface area contributed by atoms with Gasteiger partial charge in [-0.1, -0.05) is 11.8 Å². The van der Waals surface area contributed by atoms with Crippen LogP contribution in [0.5, 0.6) is 0 Å². The third-order valence-corrected chi connectivity index (χ3v) is 3.51. The molecule has 0 aromatic carbocycles. The lowest BCUT2D eigenvalue weighted by Gasteiger charge is -2.29. The van der Waals surface area contributed by atoms with Crippen molar-refractivity contribution in [2.24, 2.45) is 5.73 Å². The second-order valence-electron chi connectivity index (χ2n) is 4.24. The van der Waals surface area contributed by atoms with Gasteiger partial charge in [0.25, 0.3) is 0 Å². The molecule has 0 aliphatic heterocycles. The van der Waals surface area contributed by atoms with E-state index in [0.29, 0.717) is 6.04 Å². The minimum absolute atomic E-state index is 0.155. The first-order valence-corrected chi connectivity index (χ1v) is 6.68. The molecule has 0 radical (unpaired) electrons. The van der Waals surface area contributed by atoms with Crippen molar-refractivity contribution in [3.05, 3.63) is 5.82 Å². The number of nitrogens with two attached hydrogens (primary N) is 1. The van der Waals surface area contributed by atoms with E-state index in [1.54, 1.807) is 11.8 Å². The fraction of sp³-hybridized carbons (Fsp3) is 0.800. The number of hydrogen-bond acceptors (Lipinski definition) is 4. The molecule has 1 aliphatic carbocycles. The van der Waals surface area contributed by atoms with Gasteiger partial charge >= 0.3 is 0 Å². The topological polar surface area (TPSA) is 56.7 Å². The van der Waals surface area contributed by atoms with E-state index in [1.807, 2.05) is 6.92 Å². The summed E-state index contributed by atoms with van der Waals surface area (Å²) in [6.45, 7) is 2.01. The molecule has 2 rings (SSSR count). The number of hydrogen-bond donors (Lipinski definition) is 1. The van der Waals surface area contributed by atoms with E-state index in [-0.39, 0.29) is 6.04 Å². The Hall–Kier alpha value is -0.550. The second kappa shape index (κ2) is 4.53. The molecule has 1 heterocycles. The van der Waals surface area contributed by atoms with Gasteiger partial charge in [-0.05, 0) is 32.4 Å². The Balaban J connectivity index is 2.24. The first-order chi connectivity index (χ1) is 7.22. The Labute approximate surface area is 94.6 Å². The Kier molecular flexibility index (Phi) is 3.31. The van der Waals surface area contributed by atoms with E-state index in [1.165, 1.54) is 19.3 Å². The van der Waals surface area contributed by atoms with Crippen LogP contribution in [0, 0.1) is 0 Å². The molecule has 0 spiro atoms. The van der Waals surface area contributed by atoms with Gasteiger partial charge in [-0.3, -0.25) is 0 Å². The smallest absolute Gasteiger partial charge is 0.191 e. The van der Waals surface area contributed by atoms with Crippen molar-refractivity contribution in [3.8, 4) is 0 Å². The van der Waals surface area contributed by atoms with Gasteiger partial charge in [0.2, 0.25) is 0 Å². The zero-order chi connectivity index (χ0) is 10.8. The van der Waals surface area contributed by atoms with E-state index in [0.717, 1.165) is 17.4 Å². The van der Waals surface area contributed by atoms with Crippen molar-refractivity contribution in [2.45, 2.75) is 49.8 Å². The summed E-state index contributed by atoms with van der Waals surface area (Å²) in [5.74, 6) is 1.05. The highest BCUT2D eigenvalue weighted by Crippen LogP contribution is 2.35. The predicted octanol–water partition coefficient (Wildman–Crippen LogP) is 1.61. The maximum absolute atomic E-state index is 5.82. The summed E-state index contributed by atoms with van der Waals surface area (Å²) in [5.41, 5.74) is 5.82. The molecule has 5 heteroatoms. The summed E-state index contributed by atoms with van der Waals surface area (Å²) in [7, 11) is 0. The number of nitrogens with zero attached hydrogens (tertiary/aromatic N) is 3. The SMILES string of the molecule is CSc1nnc(CC(C)N)n1C1CCC1. The zero-order valence-electron chi connectivity index (χ0n) is 9.31. The minimum Gasteiger partial charge on any atom is -0.328 e. The standard InChI is InChI=1S/C10H18N4S/c1-7(11)6-9-12-13-10(15-2)14(9)8-4-3-5-8/h7-8H,3-6,11H2,1-2H3. The van der Waals surface area contributed by atoms with E-state index in [4.69, 9.17) is 5.73 Å². The Morgan fingerprint density at radius 3 is 2.73 bits per heavy atom. The van der Waals surface area contributed by atoms with Crippen LogP contribution in [-0.4, -0.2) is 27.1 Å². The fourth-order valence-corrected chi connectivity index (χ4v) is 2.46. The number of thioether (sulfide) groups is 1. The van der Waals surface area contributed by atoms with Gasteiger partial charge in [0.15, 0.2) is 5.16 Å². The minimum atomic E-state index is 0.155. The summed E-state index contributed by atoms with van der Waals surface area (Å²) >= 11 is 1.67. The molecule has 1 unspecified atom stereocenters. The van der Waals surface area contributed by atoms with Gasteiger partial charge in [0.05, 0.1) is 0 Å². The average Bonchev–Trinajstić information content (AvgIpc) is 2.45. The first kappa shape index (κ1) is 11.0. The summed E-state index contributed by atoms with van der Waals surface area (Å²) in [6, 6.07) is 0.777. The van der Waals surface area contributed by atoms with Crippen LogP contribution in [-0.2, 0) is 6.42 Å². The van der Waals surface area contributed by atoms with Crippen LogP contribution in [0.2, 0.25) is 0 Å². The van der Waals surface area contributed by atoms with Crippen LogP contribution >= 0.6 is 11.8 Å². The van der Waals surface area contributed by atoms with Gasteiger partial charge in [-0.2, -0.15) is 0 Å². The average molecular weight is 226 g/mol. The highest BCUT2D eigenvalue weighted by molar-refractivity contribution is 7.98. The molecule has 1 atom stereocenters. The molecule has 0 amide bonds. The summed E-state index contributed by atoms with van der Waals surface area (Å²) in [5, 5.41) is 9.49. The fourth-order valence-electron chi connectivity index (χ4n) is 1.89. The van der Waals surface area contributed by atoms with E-state index >= 15 is 0 Å². The second-order valence-corrected chi connectivity index (χ2v) is 5.01. The monoisotopic (exact) mass is 226 g/mol. The van der Waals surface area contributed by atoms with Gasteiger partial charge in [0, 0.05) is 18.5 Å². The summed E-state index contributed by atoms with van der Waals surface area (Å²) < 4.78 is 2.29. The van der Waals surface area contributed by atoms with Crippen LogP contribution in [0.4, 0.5) is 0 Å². The van der Waals surface area contributed by atoms with Crippen molar-refractivity contribution in [2.75, 3.05) is 6.26 Å². The van der Waals surface area contributed by atoms with Gasteiger partial charge < -0.3 is 10.3 Å². The van der Waals surface area contributed by atoms with E-state index in [2.05, 4.69) is 21.0 Å². The van der Waals surface area contributed by atoms with Crippen LogP contribution in [0.3, 0.4) is 0 Å². The highest BCUT2D eigenvalue weighted by Gasteiger charge is 2.25. The maximum atomic E-state index is 5.82. The number of aromatic nitrogens is 3. The van der Waals surface area contributed by atoms with E-state index in [9.17, 15) is 0 Å². The molecule has 0 bridgehead atoms. The molecule has 4 nitrogen and oxygen atoms in total. The highest BCUT2D eigenvalue weighted by atomic mass is 32.2. The maximum Gasteiger partial charge on any atom is 0.191 e. The summed E-state index contributed by atoms with van der Waals surface area (Å²) in [6.07, 6.45) is 6.72. The first-order valence-electron chi connectivity index (χ1n) is 5.45. The molecule has 0 saturated heterocycles. The zero-order valence-corrected chi connectivity index (χ0v) is 10.1. The molecule has 84 valence electrons. The van der Waals surface area contributed by atoms with E-state index < -0.39 is 0 Å². The third-order valence-electron chi connectivity index (χ3n) is 2.86. The third kappa shape index (κ3) is 2.18. The Morgan fingerprint density at radius 2 is 2.27 bits per heavy atom. The molecule has 1 saturated carbocycles. The largest absolute Gasteiger partial charge is 0.328 e. The molecule has 15 heavy (non-hydrogen) atoms. The van der Waals surface area contributed by atoms with Crippen LogP contribution in [0.15, 0.2) is 5.16 Å². The van der Waals surface area contributed by atoms with Gasteiger partial charge in [-0.25, -0.2) is 0 Å². The van der Waals surface area contributed by atoms with Crippen LogP contribution < -0.4 is 5.73 Å². The molecule has 1 aromatic rings. The predicted molar refractivity (Wildman–Crippen MR) is 62.0 cm³/mol. The molecule has 1 aliphatic rings. The lowest BCUT2D eigenvalue weighted by molar-refractivity contribution is 0.288. The molecular formula is C10H18N4S. The molecule has 1 aromatic heterocycles. The lowest BCUT2D eigenvalue weighted by atomic mass is 9.93. The van der Waals surface area contributed by atoms with Gasteiger partial charge in [-0.15, -0.1) is 10.2 Å². The van der Waals surface area contributed by atoms with Crippen molar-refractivity contribution in [3.63, 3.8) is 0 Å². The lowest BCUT2D eigenvalue weighted by Crippen LogP contribution is -2.25. The summed E-state index contributed by atoms with van der Waals surface area (Å²) in [4.78, 5) is 0. The molecule has 1 fully saturated rings. The van der Waals surface area contributed by atoms with Crippen molar-refractivity contribution in [1.29, 1.82) is 0 Å². The van der Waals surface area contributed by atoms with Crippen molar-refractivity contribution in [1.82, 2.24) is 14.8 Å². The van der Waals surface area contributed by atoms with Crippen LogP contribution in [0.25, 0.3) is 0 Å². The van der Waals surface area contributed by atoms with Crippen LogP contribution in [0.1, 0.15) is 38.1 Å². The normalized spacial score (nSPS) is 18.9. The van der Waals surface area contributed by atoms with Gasteiger partial charge in [0.1, 0.15) is 5.82 Å². The quantitative estimate of drug-likeness (QED) is 0.793. The molecule has 2 N–H and O–H groups in total. The van der Waals surface area contributed by atoms with Crippen molar-refractivity contribution < 1.29 is 0 Å².